The molecule has 0 aliphatic heterocycles. The van der Waals surface area contributed by atoms with Crippen molar-refractivity contribution in [1.29, 1.82) is 0 Å². The highest BCUT2D eigenvalue weighted by atomic mass is 79.9. The van der Waals surface area contributed by atoms with E-state index in [-0.39, 0.29) is 5.75 Å². The summed E-state index contributed by atoms with van der Waals surface area (Å²) in [5.41, 5.74) is -0.656. The van der Waals surface area contributed by atoms with E-state index in [1.54, 1.807) is 19.1 Å². The Hall–Kier alpha value is -0.610. The van der Waals surface area contributed by atoms with Crippen molar-refractivity contribution in [3.63, 3.8) is 0 Å². The van der Waals surface area contributed by atoms with Crippen molar-refractivity contribution in [2.45, 2.75) is 31.8 Å². The van der Waals surface area contributed by atoms with Crippen LogP contribution in [-0.4, -0.2) is 11.7 Å². The van der Waals surface area contributed by atoms with Crippen LogP contribution >= 0.6 is 15.9 Å². The van der Waals surface area contributed by atoms with Gasteiger partial charge in [0.2, 0.25) is 0 Å². The fourth-order valence-corrected chi connectivity index (χ4v) is 2.38. The van der Waals surface area contributed by atoms with Crippen molar-refractivity contribution in [1.82, 2.24) is 0 Å². The zero-order valence-electron chi connectivity index (χ0n) is 9.09. The van der Waals surface area contributed by atoms with Gasteiger partial charge < -0.3 is 9.84 Å². The van der Waals surface area contributed by atoms with Crippen molar-refractivity contribution in [3.05, 3.63) is 28.0 Å². The van der Waals surface area contributed by atoms with E-state index >= 15 is 0 Å². The third-order valence-electron chi connectivity index (χ3n) is 2.99. The first kappa shape index (κ1) is 11.9. The molecule has 1 saturated carbocycles. The molecule has 1 aromatic carbocycles. The van der Waals surface area contributed by atoms with Gasteiger partial charge >= 0.3 is 0 Å². The molecule has 4 heteroatoms. The van der Waals surface area contributed by atoms with Crippen LogP contribution in [0.3, 0.4) is 0 Å². The van der Waals surface area contributed by atoms with Gasteiger partial charge in [0.15, 0.2) is 11.6 Å². The topological polar surface area (TPSA) is 29.5 Å². The Morgan fingerprint density at radius 2 is 2.19 bits per heavy atom. The van der Waals surface area contributed by atoms with Crippen LogP contribution in [0.25, 0.3) is 0 Å². The van der Waals surface area contributed by atoms with Gasteiger partial charge in [0, 0.05) is 10.0 Å². The molecule has 16 heavy (non-hydrogen) atoms. The lowest BCUT2D eigenvalue weighted by atomic mass is 9.75. The average molecular weight is 289 g/mol. The molecule has 0 radical (unpaired) electrons. The SMILES string of the molecule is CCOc1cc(Br)cc(C2(O)CCC2)c1F. The van der Waals surface area contributed by atoms with Crippen LogP contribution in [0.1, 0.15) is 31.7 Å². The number of hydrogen-bond donors (Lipinski definition) is 1. The van der Waals surface area contributed by atoms with E-state index < -0.39 is 11.4 Å². The van der Waals surface area contributed by atoms with Gasteiger partial charge in [-0.1, -0.05) is 15.9 Å². The normalized spacial score (nSPS) is 18.0. The number of benzene rings is 1. The van der Waals surface area contributed by atoms with Crippen LogP contribution in [0.4, 0.5) is 4.39 Å². The third-order valence-corrected chi connectivity index (χ3v) is 3.44. The molecule has 1 aliphatic rings. The number of halogens is 2. The van der Waals surface area contributed by atoms with Crippen molar-refractivity contribution in [2.75, 3.05) is 6.61 Å². The number of rotatable bonds is 3. The fourth-order valence-electron chi connectivity index (χ4n) is 1.94. The molecule has 0 amide bonds. The van der Waals surface area contributed by atoms with Crippen LogP contribution in [0, 0.1) is 5.82 Å². The molecule has 1 aromatic rings. The number of ether oxygens (including phenoxy) is 1. The molecule has 0 saturated heterocycles. The van der Waals surface area contributed by atoms with Gasteiger partial charge in [-0.25, -0.2) is 4.39 Å². The zero-order valence-corrected chi connectivity index (χ0v) is 10.7. The molecular weight excluding hydrogens is 275 g/mol. The predicted molar refractivity (Wildman–Crippen MR) is 63.0 cm³/mol. The smallest absolute Gasteiger partial charge is 0.171 e. The summed E-state index contributed by atoms with van der Waals surface area (Å²) in [4.78, 5) is 0. The minimum absolute atomic E-state index is 0.201. The highest BCUT2D eigenvalue weighted by Gasteiger charge is 2.39. The Kier molecular flexibility index (Phi) is 3.22. The van der Waals surface area contributed by atoms with Crippen LogP contribution in [-0.2, 0) is 5.60 Å². The molecule has 0 atom stereocenters. The maximum atomic E-state index is 14.1. The standard InChI is InChI=1S/C12H14BrFO2/c1-2-16-10-7-8(13)6-9(11(10)14)12(15)4-3-5-12/h6-7,15H,2-5H2,1H3. The largest absolute Gasteiger partial charge is 0.491 e. The van der Waals surface area contributed by atoms with Crippen LogP contribution in [0.5, 0.6) is 5.75 Å². The Labute approximate surface area is 103 Å². The molecule has 0 heterocycles. The molecule has 88 valence electrons. The summed E-state index contributed by atoms with van der Waals surface area (Å²) in [7, 11) is 0. The second-order valence-electron chi connectivity index (χ2n) is 4.08. The summed E-state index contributed by atoms with van der Waals surface area (Å²) in [6.07, 6.45) is 2.17. The highest BCUT2D eigenvalue weighted by molar-refractivity contribution is 9.10. The van der Waals surface area contributed by atoms with Crippen molar-refractivity contribution in [2.24, 2.45) is 0 Å². The molecule has 2 nitrogen and oxygen atoms in total. The molecule has 1 aliphatic carbocycles. The summed E-state index contributed by atoms with van der Waals surface area (Å²) < 4.78 is 20.0. The maximum Gasteiger partial charge on any atom is 0.171 e. The Morgan fingerprint density at radius 1 is 1.50 bits per heavy atom. The lowest BCUT2D eigenvalue weighted by Crippen LogP contribution is -2.34. The van der Waals surface area contributed by atoms with E-state index in [9.17, 15) is 9.50 Å². The van der Waals surface area contributed by atoms with Gasteiger partial charge in [-0.3, -0.25) is 0 Å². The second kappa shape index (κ2) is 4.34. The summed E-state index contributed by atoms with van der Waals surface area (Å²) >= 11 is 3.31. The zero-order chi connectivity index (χ0) is 11.8. The van der Waals surface area contributed by atoms with Crippen LogP contribution in [0.2, 0.25) is 0 Å². The van der Waals surface area contributed by atoms with E-state index in [0.717, 1.165) is 10.9 Å². The van der Waals surface area contributed by atoms with Gasteiger partial charge in [-0.2, -0.15) is 0 Å². The summed E-state index contributed by atoms with van der Waals surface area (Å²) in [6.45, 7) is 2.21. The van der Waals surface area contributed by atoms with Crippen LogP contribution in [0.15, 0.2) is 16.6 Å². The lowest BCUT2D eigenvalue weighted by Gasteiger charge is -2.37. The van der Waals surface area contributed by atoms with Gasteiger partial charge in [0.05, 0.1) is 12.2 Å². The van der Waals surface area contributed by atoms with Gasteiger partial charge in [-0.05, 0) is 38.3 Å². The minimum Gasteiger partial charge on any atom is -0.491 e. The van der Waals surface area contributed by atoms with E-state index in [2.05, 4.69) is 15.9 Å². The van der Waals surface area contributed by atoms with E-state index in [4.69, 9.17) is 4.74 Å². The summed E-state index contributed by atoms with van der Waals surface area (Å²) in [6, 6.07) is 3.22. The van der Waals surface area contributed by atoms with E-state index in [1.807, 2.05) is 0 Å². The quantitative estimate of drug-likeness (QED) is 0.924. The van der Waals surface area contributed by atoms with Gasteiger partial charge in [-0.15, -0.1) is 0 Å². The highest BCUT2D eigenvalue weighted by Crippen LogP contribution is 2.44. The fraction of sp³-hybridized carbons (Fsp3) is 0.500. The number of aliphatic hydroxyl groups is 1. The number of hydrogen-bond acceptors (Lipinski definition) is 2. The van der Waals surface area contributed by atoms with Crippen molar-refractivity contribution in [3.8, 4) is 5.75 Å². The Bertz CT molecular complexity index is 402. The Balaban J connectivity index is 2.44. The maximum absolute atomic E-state index is 14.1. The first-order chi connectivity index (χ1) is 7.57. The first-order valence-electron chi connectivity index (χ1n) is 5.41. The van der Waals surface area contributed by atoms with E-state index in [1.165, 1.54) is 0 Å². The second-order valence-corrected chi connectivity index (χ2v) is 5.00. The van der Waals surface area contributed by atoms with Gasteiger partial charge in [0.1, 0.15) is 0 Å². The molecule has 0 spiro atoms. The van der Waals surface area contributed by atoms with E-state index in [0.29, 0.717) is 25.0 Å². The summed E-state index contributed by atoms with van der Waals surface area (Å²) in [5.74, 6) is -0.237. The average Bonchev–Trinajstić information content (AvgIpc) is 2.20. The Morgan fingerprint density at radius 3 is 2.69 bits per heavy atom. The van der Waals surface area contributed by atoms with Crippen molar-refractivity contribution >= 4 is 15.9 Å². The predicted octanol–water partition coefficient (Wildman–Crippen LogP) is 3.36. The monoisotopic (exact) mass is 288 g/mol. The van der Waals surface area contributed by atoms with Crippen LogP contribution < -0.4 is 4.74 Å². The summed E-state index contributed by atoms with van der Waals surface area (Å²) in [5, 5.41) is 10.2. The molecule has 0 bridgehead atoms. The minimum atomic E-state index is -1.00. The third kappa shape index (κ3) is 1.96. The molecule has 2 rings (SSSR count). The molecule has 0 aromatic heterocycles. The molecule has 0 unspecified atom stereocenters. The molecular formula is C12H14BrFO2. The molecule has 1 N–H and O–H groups in total. The lowest BCUT2D eigenvalue weighted by molar-refractivity contribution is -0.0420. The first-order valence-corrected chi connectivity index (χ1v) is 6.21. The van der Waals surface area contributed by atoms with Crippen molar-refractivity contribution < 1.29 is 14.2 Å². The van der Waals surface area contributed by atoms with Gasteiger partial charge in [0.25, 0.3) is 0 Å². The molecule has 1 fully saturated rings.